The third kappa shape index (κ3) is 4.25. The molecule has 0 bridgehead atoms. The van der Waals surface area contributed by atoms with Gasteiger partial charge in [0.05, 0.1) is 11.0 Å². The minimum absolute atomic E-state index is 0.849. The number of para-hydroxylation sites is 2. The summed E-state index contributed by atoms with van der Waals surface area (Å²) in [6.45, 7) is 7.70. The summed E-state index contributed by atoms with van der Waals surface area (Å²) < 4.78 is 0. The number of nitrogens with one attached hydrogen (secondary N) is 1. The zero-order chi connectivity index (χ0) is 20.3. The number of hydrogen-bond acceptors (Lipinski definition) is 6. The van der Waals surface area contributed by atoms with Crippen molar-refractivity contribution in [1.29, 1.82) is 0 Å². The van der Waals surface area contributed by atoms with E-state index in [9.17, 15) is 0 Å². The van der Waals surface area contributed by atoms with Crippen LogP contribution in [0, 0.1) is 0 Å². The van der Waals surface area contributed by atoms with E-state index in [4.69, 9.17) is 9.97 Å². The Balaban J connectivity index is 1.35. The maximum absolute atomic E-state index is 4.94. The first-order valence-electron chi connectivity index (χ1n) is 11.0. The first-order valence-corrected chi connectivity index (χ1v) is 11.0. The van der Waals surface area contributed by atoms with Crippen molar-refractivity contribution in [1.82, 2.24) is 19.8 Å². The standard InChI is InChI=1S/C24H30N6/c1-28-14-16-29(17-15-28)18-19-8-10-20(11-9-19)25-23-24(30-12-4-5-13-30)27-22-7-3-2-6-21(22)26-23/h2-3,6-11H,4-5,12-18H2,1H3,(H,25,26). The molecule has 2 aliphatic rings. The van der Waals surface area contributed by atoms with Gasteiger partial charge in [-0.1, -0.05) is 24.3 Å². The molecule has 2 aliphatic heterocycles. The van der Waals surface area contributed by atoms with E-state index < -0.39 is 0 Å². The van der Waals surface area contributed by atoms with Crippen molar-refractivity contribution in [2.24, 2.45) is 0 Å². The molecule has 0 aliphatic carbocycles. The van der Waals surface area contributed by atoms with Crippen LogP contribution >= 0.6 is 0 Å². The highest BCUT2D eigenvalue weighted by Gasteiger charge is 2.20. The lowest BCUT2D eigenvalue weighted by molar-refractivity contribution is 0.148. The smallest absolute Gasteiger partial charge is 0.174 e. The van der Waals surface area contributed by atoms with Gasteiger partial charge in [-0.3, -0.25) is 4.90 Å². The van der Waals surface area contributed by atoms with Crippen LogP contribution in [-0.2, 0) is 6.54 Å². The quantitative estimate of drug-likeness (QED) is 0.702. The lowest BCUT2D eigenvalue weighted by Gasteiger charge is -2.32. The van der Waals surface area contributed by atoms with Crippen molar-refractivity contribution in [2.45, 2.75) is 19.4 Å². The molecule has 0 radical (unpaired) electrons. The molecule has 3 heterocycles. The van der Waals surface area contributed by atoms with Crippen LogP contribution in [0.4, 0.5) is 17.3 Å². The molecule has 1 aromatic heterocycles. The van der Waals surface area contributed by atoms with Crippen LogP contribution < -0.4 is 10.2 Å². The third-order valence-electron chi connectivity index (χ3n) is 6.18. The fourth-order valence-corrected chi connectivity index (χ4v) is 4.32. The van der Waals surface area contributed by atoms with Crippen molar-refractivity contribution in [3.8, 4) is 0 Å². The molecule has 6 nitrogen and oxygen atoms in total. The van der Waals surface area contributed by atoms with Gasteiger partial charge in [0, 0.05) is 51.5 Å². The highest BCUT2D eigenvalue weighted by Crippen LogP contribution is 2.30. The predicted molar refractivity (Wildman–Crippen MR) is 123 cm³/mol. The highest BCUT2D eigenvalue weighted by molar-refractivity contribution is 5.82. The molecule has 1 N–H and O–H groups in total. The molecule has 0 spiro atoms. The van der Waals surface area contributed by atoms with Gasteiger partial charge in [-0.15, -0.1) is 0 Å². The molecule has 0 unspecified atom stereocenters. The molecule has 156 valence electrons. The second-order valence-corrected chi connectivity index (χ2v) is 8.48. The van der Waals surface area contributed by atoms with Gasteiger partial charge in [0.1, 0.15) is 0 Å². The summed E-state index contributed by atoms with van der Waals surface area (Å²) in [5, 5.41) is 3.54. The molecule has 2 saturated heterocycles. The number of hydrogen-bond donors (Lipinski definition) is 1. The zero-order valence-electron chi connectivity index (χ0n) is 17.7. The zero-order valence-corrected chi connectivity index (χ0v) is 17.7. The second-order valence-electron chi connectivity index (χ2n) is 8.48. The van der Waals surface area contributed by atoms with E-state index in [1.807, 2.05) is 24.3 Å². The van der Waals surface area contributed by atoms with Crippen LogP contribution in [0.25, 0.3) is 11.0 Å². The molecular formula is C24H30N6. The minimum Gasteiger partial charge on any atom is -0.354 e. The van der Waals surface area contributed by atoms with Crippen LogP contribution in [0.1, 0.15) is 18.4 Å². The average molecular weight is 403 g/mol. The molecule has 2 fully saturated rings. The van der Waals surface area contributed by atoms with E-state index in [1.165, 1.54) is 18.4 Å². The van der Waals surface area contributed by atoms with Gasteiger partial charge in [0.2, 0.25) is 0 Å². The molecule has 3 aromatic rings. The van der Waals surface area contributed by atoms with Gasteiger partial charge >= 0.3 is 0 Å². The maximum atomic E-state index is 4.94. The van der Waals surface area contributed by atoms with E-state index in [0.29, 0.717) is 0 Å². The Morgan fingerprint density at radius 2 is 1.47 bits per heavy atom. The highest BCUT2D eigenvalue weighted by atomic mass is 15.2. The molecule has 0 amide bonds. The number of aromatic nitrogens is 2. The Bertz CT molecular complexity index is 988. The molecule has 2 aromatic carbocycles. The number of anilines is 3. The molecule has 6 heteroatoms. The van der Waals surface area contributed by atoms with Crippen molar-refractivity contribution in [3.63, 3.8) is 0 Å². The van der Waals surface area contributed by atoms with Gasteiger partial charge in [0.15, 0.2) is 11.6 Å². The second kappa shape index (κ2) is 8.58. The van der Waals surface area contributed by atoms with E-state index in [1.54, 1.807) is 0 Å². The number of rotatable bonds is 5. The first kappa shape index (κ1) is 19.3. The van der Waals surface area contributed by atoms with Crippen molar-refractivity contribution in [3.05, 3.63) is 54.1 Å². The number of nitrogens with zero attached hydrogens (tertiary/aromatic N) is 5. The molecule has 0 atom stereocenters. The van der Waals surface area contributed by atoms with Crippen LogP contribution in [0.3, 0.4) is 0 Å². The Labute approximate surface area is 178 Å². The summed E-state index contributed by atoms with van der Waals surface area (Å²) in [7, 11) is 2.20. The van der Waals surface area contributed by atoms with Crippen molar-refractivity contribution in [2.75, 3.05) is 56.5 Å². The molecule has 0 saturated carbocycles. The topological polar surface area (TPSA) is 47.5 Å². The summed E-state index contributed by atoms with van der Waals surface area (Å²) in [6.07, 6.45) is 2.43. The van der Waals surface area contributed by atoms with Crippen LogP contribution in [0.5, 0.6) is 0 Å². The third-order valence-corrected chi connectivity index (χ3v) is 6.18. The van der Waals surface area contributed by atoms with E-state index in [2.05, 4.69) is 51.3 Å². The predicted octanol–water partition coefficient (Wildman–Crippen LogP) is 3.72. The summed E-state index contributed by atoms with van der Waals surface area (Å²) >= 11 is 0. The summed E-state index contributed by atoms with van der Waals surface area (Å²) in [5.41, 5.74) is 4.29. The van der Waals surface area contributed by atoms with Crippen molar-refractivity contribution < 1.29 is 0 Å². The lowest BCUT2D eigenvalue weighted by Crippen LogP contribution is -2.43. The van der Waals surface area contributed by atoms with Gasteiger partial charge < -0.3 is 15.1 Å². The van der Waals surface area contributed by atoms with Gasteiger partial charge in [-0.05, 0) is 49.7 Å². The Hall–Kier alpha value is -2.70. The lowest BCUT2D eigenvalue weighted by atomic mass is 10.2. The maximum Gasteiger partial charge on any atom is 0.174 e. The summed E-state index contributed by atoms with van der Waals surface area (Å²) in [6, 6.07) is 16.9. The SMILES string of the molecule is CN1CCN(Cc2ccc(Nc3nc4ccccc4nc3N3CCCC3)cc2)CC1. The average Bonchev–Trinajstić information content (AvgIpc) is 3.31. The Morgan fingerprint density at radius 3 is 2.17 bits per heavy atom. The van der Waals surface area contributed by atoms with Crippen LogP contribution in [-0.4, -0.2) is 66.1 Å². The molecular weight excluding hydrogens is 372 g/mol. The fourth-order valence-electron chi connectivity index (χ4n) is 4.32. The fraction of sp³-hybridized carbons (Fsp3) is 0.417. The van der Waals surface area contributed by atoms with E-state index in [-0.39, 0.29) is 0 Å². The van der Waals surface area contributed by atoms with Gasteiger partial charge in [0.25, 0.3) is 0 Å². The van der Waals surface area contributed by atoms with E-state index >= 15 is 0 Å². The van der Waals surface area contributed by atoms with Gasteiger partial charge in [-0.2, -0.15) is 0 Å². The number of fused-ring (bicyclic) bond motifs is 1. The summed E-state index contributed by atoms with van der Waals surface area (Å²) in [4.78, 5) is 17.1. The number of likely N-dealkylation sites (N-methyl/N-ethyl adjacent to an activating group) is 1. The van der Waals surface area contributed by atoms with Gasteiger partial charge in [-0.25, -0.2) is 9.97 Å². The normalized spacial score (nSPS) is 18.2. The molecule has 5 rings (SSSR count). The number of piperazine rings is 1. The first-order chi connectivity index (χ1) is 14.7. The Kier molecular flexibility index (Phi) is 5.51. The number of benzene rings is 2. The van der Waals surface area contributed by atoms with E-state index in [0.717, 1.165) is 74.2 Å². The molecule has 30 heavy (non-hydrogen) atoms. The van der Waals surface area contributed by atoms with Crippen LogP contribution in [0.2, 0.25) is 0 Å². The monoisotopic (exact) mass is 402 g/mol. The largest absolute Gasteiger partial charge is 0.354 e. The minimum atomic E-state index is 0.849. The summed E-state index contributed by atoms with van der Waals surface area (Å²) in [5.74, 6) is 1.81. The van der Waals surface area contributed by atoms with Crippen molar-refractivity contribution >= 4 is 28.4 Å². The van der Waals surface area contributed by atoms with Crippen LogP contribution in [0.15, 0.2) is 48.5 Å². The Morgan fingerprint density at radius 1 is 0.800 bits per heavy atom.